The molecule has 0 unspecified atom stereocenters. The van der Waals surface area contributed by atoms with Crippen LogP contribution in [0.1, 0.15) is 55.1 Å². The molecule has 1 aliphatic carbocycles. The van der Waals surface area contributed by atoms with Gasteiger partial charge >= 0.3 is 0 Å². The molecule has 2 rings (SSSR count). The van der Waals surface area contributed by atoms with E-state index < -0.39 is 0 Å². The molecule has 4 heteroatoms. The van der Waals surface area contributed by atoms with Gasteiger partial charge in [0.05, 0.1) is 5.56 Å². The second-order valence-corrected chi connectivity index (χ2v) is 5.42. The van der Waals surface area contributed by atoms with Crippen LogP contribution in [-0.2, 0) is 0 Å². The minimum absolute atomic E-state index is 0.0122. The van der Waals surface area contributed by atoms with Gasteiger partial charge in [0.1, 0.15) is 12.0 Å². The summed E-state index contributed by atoms with van der Waals surface area (Å²) in [7, 11) is 0. The summed E-state index contributed by atoms with van der Waals surface area (Å²) in [6.07, 6.45) is 7.12. The van der Waals surface area contributed by atoms with Crippen LogP contribution >= 0.6 is 0 Å². The first-order valence-electron chi connectivity index (χ1n) is 7.28. The SMILES string of the molecule is CCCNC1CCC(NC(=O)c2coc(C)c2)CC1. The molecule has 0 spiro atoms. The van der Waals surface area contributed by atoms with E-state index in [2.05, 4.69) is 17.6 Å². The van der Waals surface area contributed by atoms with Gasteiger partial charge < -0.3 is 15.1 Å². The largest absolute Gasteiger partial charge is 0.469 e. The van der Waals surface area contributed by atoms with E-state index in [0.717, 1.165) is 38.0 Å². The van der Waals surface area contributed by atoms with Crippen LogP contribution in [0.3, 0.4) is 0 Å². The Morgan fingerprint density at radius 2 is 2.00 bits per heavy atom. The Morgan fingerprint density at radius 1 is 1.32 bits per heavy atom. The lowest BCUT2D eigenvalue weighted by molar-refractivity contribution is 0.0923. The average molecular weight is 264 g/mol. The highest BCUT2D eigenvalue weighted by molar-refractivity contribution is 5.94. The van der Waals surface area contributed by atoms with Crippen molar-refractivity contribution in [1.29, 1.82) is 0 Å². The lowest BCUT2D eigenvalue weighted by atomic mass is 9.91. The second-order valence-electron chi connectivity index (χ2n) is 5.42. The molecule has 4 nitrogen and oxygen atoms in total. The fraction of sp³-hybridized carbons (Fsp3) is 0.667. The number of nitrogens with one attached hydrogen (secondary N) is 2. The highest BCUT2D eigenvalue weighted by Gasteiger charge is 2.22. The summed E-state index contributed by atoms with van der Waals surface area (Å²) in [6, 6.07) is 2.72. The second kappa shape index (κ2) is 6.75. The van der Waals surface area contributed by atoms with Gasteiger partial charge in [-0.1, -0.05) is 6.92 Å². The maximum Gasteiger partial charge on any atom is 0.254 e. The number of carbonyl (C=O) groups is 1. The van der Waals surface area contributed by atoms with E-state index in [1.807, 2.05) is 6.92 Å². The van der Waals surface area contributed by atoms with E-state index in [1.165, 1.54) is 12.7 Å². The van der Waals surface area contributed by atoms with E-state index in [9.17, 15) is 4.79 Å². The van der Waals surface area contributed by atoms with Gasteiger partial charge in [0.25, 0.3) is 5.91 Å². The van der Waals surface area contributed by atoms with Crippen molar-refractivity contribution in [3.05, 3.63) is 23.7 Å². The summed E-state index contributed by atoms with van der Waals surface area (Å²) in [5, 5.41) is 6.65. The molecule has 1 aromatic heterocycles. The van der Waals surface area contributed by atoms with E-state index in [-0.39, 0.29) is 5.91 Å². The normalized spacial score (nSPS) is 23.3. The molecule has 106 valence electrons. The number of carbonyl (C=O) groups excluding carboxylic acids is 1. The van der Waals surface area contributed by atoms with Crippen LogP contribution in [0.15, 0.2) is 16.7 Å². The van der Waals surface area contributed by atoms with E-state index in [1.54, 1.807) is 6.07 Å². The Kier molecular flexibility index (Phi) is 5.02. The van der Waals surface area contributed by atoms with Gasteiger partial charge in [0, 0.05) is 12.1 Å². The number of aryl methyl sites for hydroxylation is 1. The standard InChI is InChI=1S/C15H24N2O2/c1-3-8-16-13-4-6-14(7-5-13)17-15(18)12-9-11(2)19-10-12/h9-10,13-14,16H,3-8H2,1-2H3,(H,17,18). The molecule has 0 atom stereocenters. The third-order valence-corrected chi connectivity index (χ3v) is 3.74. The third kappa shape index (κ3) is 4.10. The maximum atomic E-state index is 12.0. The lowest BCUT2D eigenvalue weighted by Gasteiger charge is -2.29. The van der Waals surface area contributed by atoms with E-state index in [4.69, 9.17) is 4.42 Å². The van der Waals surface area contributed by atoms with Crippen molar-refractivity contribution < 1.29 is 9.21 Å². The van der Waals surface area contributed by atoms with Crippen LogP contribution in [0, 0.1) is 6.92 Å². The van der Waals surface area contributed by atoms with Crippen LogP contribution in [0.4, 0.5) is 0 Å². The highest BCUT2D eigenvalue weighted by Crippen LogP contribution is 2.19. The number of furan rings is 1. The van der Waals surface area contributed by atoms with Crippen LogP contribution < -0.4 is 10.6 Å². The minimum Gasteiger partial charge on any atom is -0.469 e. The fourth-order valence-electron chi connectivity index (χ4n) is 2.62. The van der Waals surface area contributed by atoms with Gasteiger partial charge in [-0.05, 0) is 51.6 Å². The van der Waals surface area contributed by atoms with Gasteiger partial charge in [-0.15, -0.1) is 0 Å². The van der Waals surface area contributed by atoms with Crippen LogP contribution in [0.25, 0.3) is 0 Å². The molecule has 0 aliphatic heterocycles. The molecule has 0 aromatic carbocycles. The van der Waals surface area contributed by atoms with Crippen molar-refractivity contribution in [2.75, 3.05) is 6.54 Å². The van der Waals surface area contributed by atoms with Crippen molar-refractivity contribution in [2.45, 2.75) is 58.0 Å². The predicted molar refractivity (Wildman–Crippen MR) is 75.2 cm³/mol. The van der Waals surface area contributed by atoms with Gasteiger partial charge in [-0.2, -0.15) is 0 Å². The lowest BCUT2D eigenvalue weighted by Crippen LogP contribution is -2.42. The quantitative estimate of drug-likeness (QED) is 0.859. The summed E-state index contributed by atoms with van der Waals surface area (Å²) in [4.78, 5) is 12.0. The Labute approximate surface area is 114 Å². The first-order chi connectivity index (χ1) is 9.19. The number of amides is 1. The summed E-state index contributed by atoms with van der Waals surface area (Å²) in [5.41, 5.74) is 0.628. The Morgan fingerprint density at radius 3 is 2.58 bits per heavy atom. The Balaban J connectivity index is 1.75. The van der Waals surface area contributed by atoms with Crippen molar-refractivity contribution in [3.63, 3.8) is 0 Å². The summed E-state index contributed by atoms with van der Waals surface area (Å²) < 4.78 is 5.17. The Hall–Kier alpha value is -1.29. The van der Waals surface area contributed by atoms with Crippen LogP contribution in [-0.4, -0.2) is 24.5 Å². The Bertz CT molecular complexity index is 406. The molecule has 1 aromatic rings. The van der Waals surface area contributed by atoms with Gasteiger partial charge in [0.2, 0.25) is 0 Å². The number of rotatable bonds is 5. The van der Waals surface area contributed by atoms with Gasteiger partial charge in [-0.3, -0.25) is 4.79 Å². The molecule has 0 saturated heterocycles. The minimum atomic E-state index is -0.0122. The van der Waals surface area contributed by atoms with E-state index in [0.29, 0.717) is 17.6 Å². The van der Waals surface area contributed by atoms with Crippen molar-refractivity contribution >= 4 is 5.91 Å². The molecular formula is C15H24N2O2. The van der Waals surface area contributed by atoms with Crippen molar-refractivity contribution in [3.8, 4) is 0 Å². The molecule has 19 heavy (non-hydrogen) atoms. The summed E-state index contributed by atoms with van der Waals surface area (Å²) in [6.45, 7) is 5.13. The molecule has 0 bridgehead atoms. The third-order valence-electron chi connectivity index (χ3n) is 3.74. The zero-order valence-electron chi connectivity index (χ0n) is 11.9. The number of hydrogen-bond donors (Lipinski definition) is 2. The first-order valence-corrected chi connectivity index (χ1v) is 7.28. The molecule has 1 amide bonds. The average Bonchev–Trinajstić information content (AvgIpc) is 2.85. The number of hydrogen-bond acceptors (Lipinski definition) is 3. The fourth-order valence-corrected chi connectivity index (χ4v) is 2.62. The van der Waals surface area contributed by atoms with Crippen molar-refractivity contribution in [1.82, 2.24) is 10.6 Å². The molecule has 2 N–H and O–H groups in total. The van der Waals surface area contributed by atoms with Gasteiger partial charge in [-0.25, -0.2) is 0 Å². The molecule has 0 radical (unpaired) electrons. The maximum absolute atomic E-state index is 12.0. The van der Waals surface area contributed by atoms with Crippen LogP contribution in [0.2, 0.25) is 0 Å². The molecule has 1 heterocycles. The topological polar surface area (TPSA) is 54.3 Å². The zero-order chi connectivity index (χ0) is 13.7. The zero-order valence-corrected chi connectivity index (χ0v) is 11.9. The first kappa shape index (κ1) is 14.1. The molecule has 1 saturated carbocycles. The van der Waals surface area contributed by atoms with E-state index >= 15 is 0 Å². The summed E-state index contributed by atoms with van der Waals surface area (Å²) in [5.74, 6) is 0.763. The highest BCUT2D eigenvalue weighted by atomic mass is 16.3. The molecular weight excluding hydrogens is 240 g/mol. The molecule has 1 aliphatic rings. The van der Waals surface area contributed by atoms with Gasteiger partial charge in [0.15, 0.2) is 0 Å². The predicted octanol–water partition coefficient (Wildman–Crippen LogP) is 2.63. The smallest absolute Gasteiger partial charge is 0.254 e. The summed E-state index contributed by atoms with van der Waals surface area (Å²) >= 11 is 0. The molecule has 1 fully saturated rings. The van der Waals surface area contributed by atoms with Crippen LogP contribution in [0.5, 0.6) is 0 Å². The van der Waals surface area contributed by atoms with Crippen molar-refractivity contribution in [2.24, 2.45) is 0 Å². The monoisotopic (exact) mass is 264 g/mol.